The summed E-state index contributed by atoms with van der Waals surface area (Å²) in [6, 6.07) is 0.349. The minimum atomic E-state index is -1.67. The molecule has 1 heterocycles. The Morgan fingerprint density at radius 3 is 2.19 bits per heavy atom. The first kappa shape index (κ1) is 18.7. The summed E-state index contributed by atoms with van der Waals surface area (Å²) in [7, 11) is 0.293. The lowest BCUT2D eigenvalue weighted by Gasteiger charge is -2.36. The van der Waals surface area contributed by atoms with Crippen LogP contribution in [0.1, 0.15) is 60.3 Å². The van der Waals surface area contributed by atoms with E-state index < -0.39 is 8.32 Å². The van der Waals surface area contributed by atoms with Gasteiger partial charge in [-0.3, -0.25) is 4.79 Å². The van der Waals surface area contributed by atoms with Gasteiger partial charge >= 0.3 is 0 Å². The third-order valence-corrected chi connectivity index (χ3v) is 10.6. The van der Waals surface area contributed by atoms with E-state index in [4.69, 9.17) is 4.43 Å². The monoisotopic (exact) mass is 313 g/mol. The Balaban J connectivity index is 2.60. The highest BCUT2D eigenvalue weighted by Gasteiger charge is 2.47. The third-order valence-electron chi connectivity index (χ3n) is 6.02. The first-order chi connectivity index (χ1) is 9.50. The summed E-state index contributed by atoms with van der Waals surface area (Å²) in [5, 5.41) is 0.251. The van der Waals surface area contributed by atoms with Gasteiger partial charge in [0.1, 0.15) is 0 Å². The molecule has 4 heteroatoms. The minimum absolute atomic E-state index is 0.115. The summed E-state index contributed by atoms with van der Waals surface area (Å²) in [5.74, 6) is 0.338. The lowest BCUT2D eigenvalue weighted by atomic mass is 9.79. The summed E-state index contributed by atoms with van der Waals surface area (Å²) >= 11 is 0. The Morgan fingerprint density at radius 2 is 1.81 bits per heavy atom. The van der Waals surface area contributed by atoms with E-state index in [0.717, 1.165) is 32.3 Å². The van der Waals surface area contributed by atoms with E-state index in [1.165, 1.54) is 0 Å². The number of amides is 1. The third kappa shape index (κ3) is 3.70. The van der Waals surface area contributed by atoms with Crippen molar-refractivity contribution in [1.29, 1.82) is 0 Å². The van der Waals surface area contributed by atoms with Crippen molar-refractivity contribution in [3.05, 3.63) is 0 Å². The summed E-state index contributed by atoms with van der Waals surface area (Å²) in [6.45, 7) is 16.4. The SMILES string of the molecule is CCC1(CC)CC(CCO[Si](C)(C)C(C)(C)C)N(C)C1=O. The molecule has 0 radical (unpaired) electrons. The van der Waals surface area contributed by atoms with Gasteiger partial charge in [0.05, 0.1) is 5.41 Å². The molecular formula is C17H35NO2Si. The van der Waals surface area contributed by atoms with Crippen LogP contribution in [0.5, 0.6) is 0 Å². The fraction of sp³-hybridized carbons (Fsp3) is 0.941. The van der Waals surface area contributed by atoms with Crippen molar-refractivity contribution in [3.8, 4) is 0 Å². The van der Waals surface area contributed by atoms with Gasteiger partial charge in [0.15, 0.2) is 8.32 Å². The molecule has 0 aliphatic carbocycles. The topological polar surface area (TPSA) is 29.5 Å². The van der Waals surface area contributed by atoms with E-state index in [0.29, 0.717) is 11.9 Å². The van der Waals surface area contributed by atoms with Gasteiger partial charge in [-0.2, -0.15) is 0 Å². The van der Waals surface area contributed by atoms with E-state index in [2.05, 4.69) is 47.7 Å². The highest BCUT2D eigenvalue weighted by molar-refractivity contribution is 6.74. The Bertz CT molecular complexity index is 369. The lowest BCUT2D eigenvalue weighted by Crippen LogP contribution is -2.41. The van der Waals surface area contributed by atoms with Crippen LogP contribution in [0.25, 0.3) is 0 Å². The zero-order valence-corrected chi connectivity index (χ0v) is 16.4. The molecule has 124 valence electrons. The molecular weight excluding hydrogens is 278 g/mol. The van der Waals surface area contributed by atoms with Crippen LogP contribution in [0, 0.1) is 5.41 Å². The molecule has 0 aromatic rings. The van der Waals surface area contributed by atoms with E-state index in [-0.39, 0.29) is 10.5 Å². The smallest absolute Gasteiger partial charge is 0.228 e. The molecule has 1 rings (SSSR count). The molecule has 0 aromatic carbocycles. The first-order valence-electron chi connectivity index (χ1n) is 8.42. The summed E-state index contributed by atoms with van der Waals surface area (Å²) in [4.78, 5) is 14.5. The second-order valence-electron chi connectivity index (χ2n) is 8.16. The maximum atomic E-state index is 12.5. The second-order valence-corrected chi connectivity index (χ2v) is 13.0. The molecule has 1 atom stereocenters. The maximum absolute atomic E-state index is 12.5. The van der Waals surface area contributed by atoms with Crippen molar-refractivity contribution in [1.82, 2.24) is 4.90 Å². The molecule has 1 amide bonds. The van der Waals surface area contributed by atoms with Gasteiger partial charge in [-0.05, 0) is 43.8 Å². The van der Waals surface area contributed by atoms with E-state index in [1.54, 1.807) is 0 Å². The summed E-state index contributed by atoms with van der Waals surface area (Å²) in [6.07, 6.45) is 3.87. The molecule has 0 bridgehead atoms. The number of hydrogen-bond acceptors (Lipinski definition) is 2. The van der Waals surface area contributed by atoms with Crippen molar-refractivity contribution >= 4 is 14.2 Å². The van der Waals surface area contributed by atoms with E-state index in [1.807, 2.05) is 11.9 Å². The molecule has 0 N–H and O–H groups in total. The Kier molecular flexibility index (Phi) is 5.71. The van der Waals surface area contributed by atoms with Crippen molar-refractivity contribution in [3.63, 3.8) is 0 Å². The zero-order valence-electron chi connectivity index (χ0n) is 15.4. The molecule has 1 fully saturated rings. The molecule has 1 aliphatic heterocycles. The Hall–Kier alpha value is -0.353. The molecule has 1 saturated heterocycles. The zero-order chi connectivity index (χ0) is 16.5. The van der Waals surface area contributed by atoms with Crippen LogP contribution >= 0.6 is 0 Å². The van der Waals surface area contributed by atoms with Crippen molar-refractivity contribution in [2.24, 2.45) is 5.41 Å². The van der Waals surface area contributed by atoms with Crippen LogP contribution in [0.4, 0.5) is 0 Å². The molecule has 1 aliphatic rings. The normalized spacial score (nSPS) is 23.0. The molecule has 0 aromatic heterocycles. The van der Waals surface area contributed by atoms with Crippen LogP contribution in [-0.2, 0) is 9.22 Å². The predicted octanol–water partition coefficient (Wildman–Crippen LogP) is 4.44. The van der Waals surface area contributed by atoms with Gasteiger partial charge in [0.25, 0.3) is 0 Å². The molecule has 0 spiro atoms. The lowest BCUT2D eigenvalue weighted by molar-refractivity contribution is -0.136. The molecule has 0 saturated carbocycles. The first-order valence-corrected chi connectivity index (χ1v) is 11.3. The van der Waals surface area contributed by atoms with Crippen LogP contribution in [-0.4, -0.2) is 38.8 Å². The molecule has 21 heavy (non-hydrogen) atoms. The highest BCUT2D eigenvalue weighted by Crippen LogP contribution is 2.42. The van der Waals surface area contributed by atoms with E-state index in [9.17, 15) is 4.79 Å². The van der Waals surface area contributed by atoms with Gasteiger partial charge < -0.3 is 9.33 Å². The van der Waals surface area contributed by atoms with Crippen LogP contribution < -0.4 is 0 Å². The van der Waals surface area contributed by atoms with E-state index >= 15 is 0 Å². The van der Waals surface area contributed by atoms with Gasteiger partial charge in [-0.15, -0.1) is 0 Å². The number of carbonyl (C=O) groups excluding carboxylic acids is 1. The van der Waals surface area contributed by atoms with Crippen molar-refractivity contribution < 1.29 is 9.22 Å². The average Bonchev–Trinajstić information content (AvgIpc) is 2.62. The summed E-state index contributed by atoms with van der Waals surface area (Å²) in [5.41, 5.74) is -0.115. The van der Waals surface area contributed by atoms with Crippen LogP contribution in [0.15, 0.2) is 0 Å². The quantitative estimate of drug-likeness (QED) is 0.679. The number of rotatable bonds is 6. The number of nitrogens with zero attached hydrogens (tertiary/aromatic N) is 1. The van der Waals surface area contributed by atoms with Crippen LogP contribution in [0.3, 0.4) is 0 Å². The van der Waals surface area contributed by atoms with Gasteiger partial charge in [-0.25, -0.2) is 0 Å². The standard InChI is InChI=1S/C17H35NO2Si/c1-9-17(10-2)13-14(18(6)15(17)19)11-12-20-21(7,8)16(3,4)5/h14H,9-13H2,1-8H3. The maximum Gasteiger partial charge on any atom is 0.228 e. The Labute approximate surface area is 132 Å². The van der Waals surface area contributed by atoms with Gasteiger partial charge in [0, 0.05) is 19.7 Å². The van der Waals surface area contributed by atoms with Gasteiger partial charge in [-0.1, -0.05) is 34.6 Å². The molecule has 3 nitrogen and oxygen atoms in total. The van der Waals surface area contributed by atoms with Crippen molar-refractivity contribution in [2.45, 2.75) is 84.5 Å². The summed E-state index contributed by atoms with van der Waals surface area (Å²) < 4.78 is 6.28. The number of likely N-dealkylation sites (tertiary alicyclic amines) is 1. The average molecular weight is 314 g/mol. The largest absolute Gasteiger partial charge is 0.417 e. The second kappa shape index (κ2) is 6.41. The fourth-order valence-corrected chi connectivity index (χ4v) is 4.08. The number of carbonyl (C=O) groups is 1. The Morgan fingerprint density at radius 1 is 1.29 bits per heavy atom. The van der Waals surface area contributed by atoms with Gasteiger partial charge in [0.2, 0.25) is 5.91 Å². The predicted molar refractivity (Wildman–Crippen MR) is 92.0 cm³/mol. The number of hydrogen-bond donors (Lipinski definition) is 0. The fourth-order valence-electron chi connectivity index (χ4n) is 3.02. The molecule has 1 unspecified atom stereocenters. The van der Waals surface area contributed by atoms with Crippen molar-refractivity contribution in [2.75, 3.05) is 13.7 Å². The minimum Gasteiger partial charge on any atom is -0.417 e. The highest BCUT2D eigenvalue weighted by atomic mass is 28.4. The van der Waals surface area contributed by atoms with Crippen LogP contribution in [0.2, 0.25) is 18.1 Å².